The van der Waals surface area contributed by atoms with Gasteiger partial charge in [0.15, 0.2) is 3.42 Å². The number of carbonyl (C=O) groups is 1. The Balaban J connectivity index is 3.08. The Kier molecular flexibility index (Phi) is 17.0. The molecule has 0 aliphatic rings. The molecule has 0 atom stereocenters. The lowest BCUT2D eigenvalue weighted by molar-refractivity contribution is -0.137. The van der Waals surface area contributed by atoms with Gasteiger partial charge in [-0.1, -0.05) is 118 Å². The molecule has 0 N–H and O–H groups in total. The minimum absolute atomic E-state index is 0.317. The molecular formula is C18H33Cl3O2Si. The summed E-state index contributed by atoms with van der Waals surface area (Å²) < 4.78 is 4.01. The molecule has 0 saturated heterocycles. The largest absolute Gasteiger partial charge is 0.463 e. The van der Waals surface area contributed by atoms with E-state index in [0.717, 1.165) is 18.9 Å². The summed E-state index contributed by atoms with van der Waals surface area (Å²) in [5.74, 6) is -0.317. The van der Waals surface area contributed by atoms with Crippen LogP contribution in [-0.4, -0.2) is 25.5 Å². The predicted octanol–water partition coefficient (Wildman–Crippen LogP) is 6.31. The smallest absolute Gasteiger partial charge is 0.330 e. The first-order chi connectivity index (χ1) is 11.5. The van der Waals surface area contributed by atoms with Gasteiger partial charge in [-0.2, -0.15) is 0 Å². The van der Waals surface area contributed by atoms with Gasteiger partial charge in [-0.05, 0) is 6.42 Å². The first-order valence-electron chi connectivity index (χ1n) is 9.31. The lowest BCUT2D eigenvalue weighted by Gasteiger charge is -2.08. The van der Waals surface area contributed by atoms with E-state index >= 15 is 0 Å². The van der Waals surface area contributed by atoms with Gasteiger partial charge in [0.25, 0.3) is 0 Å². The number of hydrogen-bond acceptors (Lipinski definition) is 2. The Morgan fingerprint density at radius 1 is 0.833 bits per heavy atom. The molecular weight excluding hydrogens is 383 g/mol. The van der Waals surface area contributed by atoms with Gasteiger partial charge >= 0.3 is 5.97 Å². The minimum Gasteiger partial charge on any atom is -0.463 e. The van der Waals surface area contributed by atoms with Crippen LogP contribution in [0.4, 0.5) is 0 Å². The van der Waals surface area contributed by atoms with E-state index in [1.807, 2.05) is 0 Å². The van der Waals surface area contributed by atoms with Gasteiger partial charge in [-0.15, -0.1) is 0 Å². The molecule has 0 aliphatic heterocycles. The Hall–Kier alpha value is 0.297. The number of carbonyl (C=O) groups excluding carboxylic acids is 1. The average Bonchev–Trinajstić information content (AvgIpc) is 2.53. The van der Waals surface area contributed by atoms with Crippen molar-refractivity contribution in [1.82, 2.24) is 0 Å². The minimum atomic E-state index is -0.934. The van der Waals surface area contributed by atoms with Gasteiger partial charge in [0.2, 0.25) is 0 Å². The van der Waals surface area contributed by atoms with E-state index < -0.39 is 12.9 Å². The number of rotatable bonds is 16. The summed E-state index contributed by atoms with van der Waals surface area (Å²) in [6.45, 7) is 3.89. The summed E-state index contributed by atoms with van der Waals surface area (Å²) >= 11 is 17.3. The van der Waals surface area contributed by atoms with E-state index in [1.54, 1.807) is 0 Å². The zero-order valence-electron chi connectivity index (χ0n) is 14.8. The maximum absolute atomic E-state index is 10.8. The van der Waals surface area contributed by atoms with Crippen LogP contribution in [0.25, 0.3) is 0 Å². The van der Waals surface area contributed by atoms with Crippen molar-refractivity contribution >= 4 is 50.3 Å². The van der Waals surface area contributed by atoms with Crippen LogP contribution in [0.2, 0.25) is 6.04 Å². The maximum atomic E-state index is 10.8. The molecule has 0 amide bonds. The normalized spacial score (nSPS) is 12.0. The number of alkyl halides is 3. The lowest BCUT2D eigenvalue weighted by Crippen LogP contribution is -2.12. The van der Waals surface area contributed by atoms with Gasteiger partial charge in [0.05, 0.1) is 16.1 Å². The third-order valence-corrected chi connectivity index (χ3v) is 7.14. The van der Waals surface area contributed by atoms with Crippen LogP contribution in [0.1, 0.15) is 77.0 Å². The first kappa shape index (κ1) is 24.3. The fourth-order valence-electron chi connectivity index (χ4n) is 2.60. The van der Waals surface area contributed by atoms with Crippen molar-refractivity contribution in [2.45, 2.75) is 86.5 Å². The molecule has 0 aromatic heterocycles. The van der Waals surface area contributed by atoms with E-state index in [0.29, 0.717) is 6.61 Å². The maximum Gasteiger partial charge on any atom is 0.330 e. The van der Waals surface area contributed by atoms with Crippen LogP contribution in [0, 0.1) is 0 Å². The average molecular weight is 416 g/mol. The van der Waals surface area contributed by atoms with E-state index in [2.05, 4.69) is 6.58 Å². The van der Waals surface area contributed by atoms with Crippen molar-refractivity contribution < 1.29 is 9.53 Å². The molecule has 142 valence electrons. The van der Waals surface area contributed by atoms with Gasteiger partial charge in [-0.3, -0.25) is 0 Å². The van der Waals surface area contributed by atoms with Crippen molar-refractivity contribution in [2.75, 3.05) is 6.61 Å². The molecule has 0 fully saturated rings. The number of hydrogen-bond donors (Lipinski definition) is 0. The lowest BCUT2D eigenvalue weighted by atomic mass is 10.1. The van der Waals surface area contributed by atoms with E-state index in [4.69, 9.17) is 39.5 Å². The topological polar surface area (TPSA) is 26.3 Å². The fraction of sp³-hybridized carbons (Fsp3) is 0.833. The highest BCUT2D eigenvalue weighted by Gasteiger charge is 2.18. The second-order valence-corrected chi connectivity index (χ2v) is 12.5. The van der Waals surface area contributed by atoms with Crippen LogP contribution in [0.5, 0.6) is 0 Å². The number of unbranched alkanes of at least 4 members (excludes halogenated alkanes) is 11. The molecule has 0 aliphatic carbocycles. The summed E-state index contributed by atoms with van der Waals surface area (Å²) in [5, 5.41) is 0. The SMILES string of the molecule is C=CC(=O)OCCCCCCCCCCCCCC[SiH2]C(Cl)(Cl)Cl. The fourth-order valence-corrected chi connectivity index (χ4v) is 4.81. The molecule has 0 heterocycles. The Morgan fingerprint density at radius 3 is 1.67 bits per heavy atom. The Labute approximate surface area is 165 Å². The predicted molar refractivity (Wildman–Crippen MR) is 110 cm³/mol. The van der Waals surface area contributed by atoms with Gasteiger partial charge < -0.3 is 4.74 Å². The zero-order valence-corrected chi connectivity index (χ0v) is 18.5. The third-order valence-electron chi connectivity index (χ3n) is 4.02. The molecule has 24 heavy (non-hydrogen) atoms. The van der Waals surface area contributed by atoms with E-state index in [-0.39, 0.29) is 5.97 Å². The molecule has 0 rings (SSSR count). The summed E-state index contributed by atoms with van der Waals surface area (Å²) in [4.78, 5) is 10.8. The van der Waals surface area contributed by atoms with Gasteiger partial charge in [0, 0.05) is 6.08 Å². The molecule has 0 unspecified atom stereocenters. The van der Waals surface area contributed by atoms with Crippen LogP contribution in [0.15, 0.2) is 12.7 Å². The van der Waals surface area contributed by atoms with Crippen LogP contribution < -0.4 is 0 Å². The highest BCUT2D eigenvalue weighted by Crippen LogP contribution is 2.26. The van der Waals surface area contributed by atoms with E-state index in [1.165, 1.54) is 70.3 Å². The highest BCUT2D eigenvalue weighted by atomic mass is 35.6. The summed E-state index contributed by atoms with van der Waals surface area (Å²) in [6, 6.07) is 1.14. The second-order valence-electron chi connectivity index (χ2n) is 6.33. The van der Waals surface area contributed by atoms with Gasteiger partial charge in [0.1, 0.15) is 0 Å². The number of ether oxygens (including phenoxy) is 1. The Bertz CT molecular complexity index is 320. The van der Waals surface area contributed by atoms with Crippen molar-refractivity contribution in [3.63, 3.8) is 0 Å². The summed E-state index contributed by atoms with van der Waals surface area (Å²) in [7, 11) is -0.550. The summed E-state index contributed by atoms with van der Waals surface area (Å²) in [5.41, 5.74) is 0. The highest BCUT2D eigenvalue weighted by molar-refractivity contribution is 6.87. The molecule has 0 radical (unpaired) electrons. The zero-order chi connectivity index (χ0) is 18.1. The number of halogens is 3. The molecule has 6 heteroatoms. The molecule has 2 nitrogen and oxygen atoms in total. The van der Waals surface area contributed by atoms with Crippen molar-refractivity contribution in [3.05, 3.63) is 12.7 Å². The third kappa shape index (κ3) is 20.3. The van der Waals surface area contributed by atoms with Crippen LogP contribution >= 0.6 is 34.8 Å². The van der Waals surface area contributed by atoms with E-state index in [9.17, 15) is 4.79 Å². The van der Waals surface area contributed by atoms with Crippen molar-refractivity contribution in [3.8, 4) is 0 Å². The van der Waals surface area contributed by atoms with Crippen molar-refractivity contribution in [2.24, 2.45) is 0 Å². The molecule has 0 aromatic rings. The molecule has 0 aromatic carbocycles. The Morgan fingerprint density at radius 2 is 1.25 bits per heavy atom. The molecule has 0 saturated carbocycles. The second kappa shape index (κ2) is 16.7. The standard InChI is InChI=1S/C18H33Cl3O2Si/c1-2-17(22)23-15-13-11-9-7-5-3-4-6-8-10-12-14-16-24-18(19,20)21/h2H,1,3-16,24H2. The molecule has 0 bridgehead atoms. The van der Waals surface area contributed by atoms with Crippen molar-refractivity contribution in [1.29, 1.82) is 0 Å². The van der Waals surface area contributed by atoms with Crippen LogP contribution in [-0.2, 0) is 9.53 Å². The molecule has 0 spiro atoms. The quantitative estimate of drug-likeness (QED) is 0.0970. The first-order valence-corrected chi connectivity index (χ1v) is 12.2. The van der Waals surface area contributed by atoms with Crippen LogP contribution in [0.3, 0.4) is 0 Å². The monoisotopic (exact) mass is 414 g/mol. The van der Waals surface area contributed by atoms with Gasteiger partial charge in [-0.25, -0.2) is 4.79 Å². The number of esters is 1. The summed E-state index contributed by atoms with van der Waals surface area (Å²) in [6.07, 6.45) is 16.4.